The quantitative estimate of drug-likeness (QED) is 0.0623. The number of rotatable bonds is 11. The fourth-order valence-corrected chi connectivity index (χ4v) is 15.9. The van der Waals surface area contributed by atoms with Crippen LogP contribution in [-0.4, -0.2) is 221 Å². The number of aliphatic hydroxyl groups is 12. The Morgan fingerprint density at radius 3 is 1.83 bits per heavy atom. The number of esters is 1. The molecule has 428 valence electrons. The molecule has 5 aliphatic carbocycles. The van der Waals surface area contributed by atoms with Gasteiger partial charge in [0.05, 0.1) is 37.9 Å². The van der Waals surface area contributed by atoms with Gasteiger partial charge in [0, 0.05) is 5.41 Å². The lowest BCUT2D eigenvalue weighted by atomic mass is 9.33. The number of allylic oxidation sites excluding steroid dienone is 2. The summed E-state index contributed by atoms with van der Waals surface area (Å²) in [4.78, 5) is 27.7. The van der Waals surface area contributed by atoms with E-state index >= 15 is 0 Å². The van der Waals surface area contributed by atoms with Gasteiger partial charge in [0.1, 0.15) is 79.4 Å². The van der Waals surface area contributed by atoms with Crippen LogP contribution < -0.4 is 0 Å². The van der Waals surface area contributed by atoms with E-state index in [2.05, 4.69) is 40.7 Å². The number of carboxylic acid groups (broad SMARTS) is 1. The Bertz CT molecular complexity index is 2110. The van der Waals surface area contributed by atoms with Gasteiger partial charge in [-0.2, -0.15) is 0 Å². The fourth-order valence-electron chi connectivity index (χ4n) is 15.9. The first-order valence-corrected chi connectivity index (χ1v) is 26.8. The van der Waals surface area contributed by atoms with Crippen LogP contribution in [0.3, 0.4) is 0 Å². The van der Waals surface area contributed by atoms with Crippen molar-refractivity contribution in [3.63, 3.8) is 0 Å². The number of aliphatic carboxylic acids is 1. The van der Waals surface area contributed by atoms with Gasteiger partial charge >= 0.3 is 11.9 Å². The van der Waals surface area contributed by atoms with E-state index in [4.69, 9.17) is 37.9 Å². The van der Waals surface area contributed by atoms with Gasteiger partial charge in [0.15, 0.2) is 25.0 Å². The van der Waals surface area contributed by atoms with Crippen LogP contribution in [-0.2, 0) is 47.5 Å². The summed E-state index contributed by atoms with van der Waals surface area (Å²) in [5.74, 6) is -2.54. The number of hydrogen-bond acceptors (Lipinski definition) is 22. The summed E-state index contributed by atoms with van der Waals surface area (Å²) >= 11 is 0. The highest BCUT2D eigenvalue weighted by atomic mass is 16.8. The second-order valence-electron chi connectivity index (χ2n) is 25.3. The summed E-state index contributed by atoms with van der Waals surface area (Å²) in [6, 6.07) is 0. The van der Waals surface area contributed by atoms with Gasteiger partial charge in [0.25, 0.3) is 0 Å². The lowest BCUT2D eigenvalue weighted by molar-refractivity contribution is -0.383. The number of hydrogen-bond donors (Lipinski definition) is 13. The van der Waals surface area contributed by atoms with E-state index in [9.17, 15) is 76.0 Å². The Morgan fingerprint density at radius 2 is 1.23 bits per heavy atom. The van der Waals surface area contributed by atoms with Crippen molar-refractivity contribution >= 4 is 11.9 Å². The molecule has 0 aromatic rings. The Kier molecular flexibility index (Phi) is 16.0. The van der Waals surface area contributed by atoms with Crippen LogP contribution in [0.1, 0.15) is 106 Å². The largest absolute Gasteiger partial charge is 0.479 e. The first-order valence-electron chi connectivity index (χ1n) is 26.8. The van der Waals surface area contributed by atoms with Gasteiger partial charge in [-0.15, -0.1) is 0 Å². The van der Waals surface area contributed by atoms with Crippen LogP contribution in [0, 0.1) is 50.2 Å². The molecule has 0 aromatic heterocycles. The Hall–Kier alpha value is -2.08. The number of carboxylic acids is 1. The van der Waals surface area contributed by atoms with Gasteiger partial charge in [-0.3, -0.25) is 4.79 Å². The third kappa shape index (κ3) is 9.35. The SMILES string of the molecule is CC1(C)CC[C@]2(C(=O)O[C@@H]3O[C@H](CO)[C@@H](O)[C@H](O)[C@H]3O)CC[C@]3(C)C(=CC[C@@H]4[C@@]5(C)CC[C@H](O[C@@H]6O[C@H](C(=O)O)[C@@H](O[C@@H]7OC[C@@H](O)[C@H](O)[C@H]7O)[C@H](O)[C@H]6O[C@@H]6OC[C@@H](O)[C@H](O)[C@H]6O)[C@@](C)(CO)[C@@H]5CC[C@]43C)[C@@H]2C1. The topological polar surface area (TPSA) is 371 Å². The minimum atomic E-state index is -2.03. The van der Waals surface area contributed by atoms with E-state index in [0.717, 1.165) is 12.8 Å². The molecule has 0 radical (unpaired) electrons. The summed E-state index contributed by atoms with van der Waals surface area (Å²) < 4.78 is 47.3. The van der Waals surface area contributed by atoms with E-state index in [1.54, 1.807) is 0 Å². The average molecular weight is 1080 g/mol. The van der Waals surface area contributed by atoms with Crippen molar-refractivity contribution in [2.45, 2.75) is 222 Å². The second kappa shape index (κ2) is 20.8. The molecule has 0 spiro atoms. The maximum absolute atomic E-state index is 14.8. The van der Waals surface area contributed by atoms with E-state index < -0.39 is 170 Å². The van der Waals surface area contributed by atoms with E-state index in [1.165, 1.54) is 5.57 Å². The zero-order valence-electron chi connectivity index (χ0n) is 43.6. The van der Waals surface area contributed by atoms with Crippen LogP contribution in [0.25, 0.3) is 0 Å². The summed E-state index contributed by atoms with van der Waals surface area (Å²) in [5.41, 5.74) is -2.07. The van der Waals surface area contributed by atoms with Gasteiger partial charge in [0.2, 0.25) is 6.29 Å². The molecule has 75 heavy (non-hydrogen) atoms. The maximum Gasteiger partial charge on any atom is 0.335 e. The number of aliphatic hydroxyl groups excluding tert-OH is 12. The van der Waals surface area contributed by atoms with Crippen LogP contribution in [0.2, 0.25) is 0 Å². The number of carbonyl (C=O) groups is 2. The highest BCUT2D eigenvalue weighted by molar-refractivity contribution is 5.79. The highest BCUT2D eigenvalue weighted by Gasteiger charge is 2.71. The molecular formula is C52H82O23. The molecule has 27 atom stereocenters. The monoisotopic (exact) mass is 1070 g/mol. The molecular weight excluding hydrogens is 993 g/mol. The van der Waals surface area contributed by atoms with Crippen molar-refractivity contribution in [2.75, 3.05) is 26.4 Å². The standard InChI is InChI=1S/C52H82O23/c1-47(2)13-15-52(46(67)75-44-36(63)33(60)32(59)26(18-53)70-44)16-14-50(5)22(23(52)17-47)7-8-28-48(3)11-10-29(49(4,21-54)27(48)9-12-51(28,50)6)71-45-39(73-43-35(62)31(58)25(56)20-69-43)37(64)38(40(74-45)41(65)66)72-42-34(61)30(57)24(55)19-68-42/h7,23-40,42-45,53-64H,8-21H2,1-6H3,(H,65,66)/t23-,24+,25+,26+,27+,28+,29-,30-,31-,32+,33-,34+,35+,36+,37-,38-,39+,40-,42-,43-,44-,45+,48-,49-,50+,51+,52-/m0/s1. The third-order valence-electron chi connectivity index (χ3n) is 20.8. The van der Waals surface area contributed by atoms with E-state index in [-0.39, 0.29) is 35.2 Å². The lowest BCUT2D eigenvalue weighted by Gasteiger charge is -2.71. The fraction of sp³-hybridized carbons (Fsp3) is 0.923. The van der Waals surface area contributed by atoms with Crippen LogP contribution in [0.5, 0.6) is 0 Å². The molecule has 4 saturated heterocycles. The minimum absolute atomic E-state index is 0.0660. The molecule has 4 saturated carbocycles. The zero-order valence-corrected chi connectivity index (χ0v) is 43.6. The Labute approximate surface area is 435 Å². The molecule has 0 unspecified atom stereocenters. The number of ether oxygens (including phenoxy) is 8. The Balaban J connectivity index is 0.989. The van der Waals surface area contributed by atoms with Crippen LogP contribution in [0.15, 0.2) is 11.6 Å². The minimum Gasteiger partial charge on any atom is -0.479 e. The van der Waals surface area contributed by atoms with Crippen LogP contribution >= 0.6 is 0 Å². The normalized spacial score (nSPS) is 53.8. The van der Waals surface area contributed by atoms with Gasteiger partial charge in [-0.05, 0) is 104 Å². The molecule has 8 fully saturated rings. The molecule has 4 aliphatic heterocycles. The molecule has 23 heteroatoms. The Morgan fingerprint density at radius 1 is 0.627 bits per heavy atom. The van der Waals surface area contributed by atoms with Gasteiger partial charge in [-0.25, -0.2) is 4.79 Å². The van der Waals surface area contributed by atoms with Crippen molar-refractivity contribution < 1.29 is 114 Å². The molecule has 23 nitrogen and oxygen atoms in total. The maximum atomic E-state index is 14.8. The lowest BCUT2D eigenvalue weighted by Crippen LogP contribution is -2.68. The first kappa shape index (κ1) is 57.6. The molecule has 0 amide bonds. The summed E-state index contributed by atoms with van der Waals surface area (Å²) in [7, 11) is 0. The third-order valence-corrected chi connectivity index (χ3v) is 20.8. The number of carbonyl (C=O) groups excluding carboxylic acids is 1. The smallest absolute Gasteiger partial charge is 0.335 e. The van der Waals surface area contributed by atoms with Crippen LogP contribution in [0.4, 0.5) is 0 Å². The predicted molar refractivity (Wildman–Crippen MR) is 253 cm³/mol. The van der Waals surface area contributed by atoms with Crippen molar-refractivity contribution in [1.82, 2.24) is 0 Å². The molecule has 0 bridgehead atoms. The highest BCUT2D eigenvalue weighted by Crippen LogP contribution is 2.76. The second-order valence-corrected chi connectivity index (χ2v) is 25.3. The predicted octanol–water partition coefficient (Wildman–Crippen LogP) is -1.69. The molecule has 9 aliphatic rings. The molecule has 9 rings (SSSR count). The van der Waals surface area contributed by atoms with Crippen molar-refractivity contribution in [3.05, 3.63) is 11.6 Å². The van der Waals surface area contributed by atoms with Crippen molar-refractivity contribution in [3.8, 4) is 0 Å². The average Bonchev–Trinajstić information content (AvgIpc) is 3.36. The molecule has 13 N–H and O–H groups in total. The summed E-state index contributed by atoms with van der Waals surface area (Å²) in [6.45, 7) is 11.2. The van der Waals surface area contributed by atoms with Gasteiger partial charge < -0.3 is 104 Å². The van der Waals surface area contributed by atoms with E-state index in [1.807, 2.05) is 6.92 Å². The zero-order chi connectivity index (χ0) is 54.7. The van der Waals surface area contributed by atoms with Crippen molar-refractivity contribution in [2.24, 2.45) is 50.2 Å². The summed E-state index contributed by atoms with van der Waals surface area (Å²) in [6.07, 6.45) is -23.6. The number of fused-ring (bicyclic) bond motifs is 7. The first-order chi connectivity index (χ1) is 35.1. The molecule has 0 aromatic carbocycles. The molecule has 4 heterocycles. The summed E-state index contributed by atoms with van der Waals surface area (Å²) in [5, 5.41) is 139. The van der Waals surface area contributed by atoms with E-state index in [0.29, 0.717) is 51.4 Å². The van der Waals surface area contributed by atoms with Crippen molar-refractivity contribution in [1.29, 1.82) is 0 Å². The van der Waals surface area contributed by atoms with Gasteiger partial charge in [-0.1, -0.05) is 53.2 Å².